The molecule has 32 heavy (non-hydrogen) atoms. The Hall–Kier alpha value is -4.27. The summed E-state index contributed by atoms with van der Waals surface area (Å²) in [5.41, 5.74) is 1.80. The highest BCUT2D eigenvalue weighted by molar-refractivity contribution is 5.96. The molecule has 0 bridgehead atoms. The van der Waals surface area contributed by atoms with Crippen molar-refractivity contribution in [3.8, 4) is 17.0 Å². The molecule has 0 aliphatic carbocycles. The molecule has 0 atom stereocenters. The average Bonchev–Trinajstić information content (AvgIpc) is 3.18. The molecule has 2 heterocycles. The van der Waals surface area contributed by atoms with Crippen molar-refractivity contribution in [2.24, 2.45) is 0 Å². The Balaban J connectivity index is 1.67. The monoisotopic (exact) mass is 432 g/mol. The number of hydrogen-bond donors (Lipinski definition) is 1. The largest absolute Gasteiger partial charge is 0.497 e. The van der Waals surface area contributed by atoms with Crippen molar-refractivity contribution < 1.29 is 18.8 Å². The van der Waals surface area contributed by atoms with Crippen LogP contribution in [-0.4, -0.2) is 33.7 Å². The van der Waals surface area contributed by atoms with Gasteiger partial charge in [0, 0.05) is 16.8 Å². The van der Waals surface area contributed by atoms with Crippen molar-refractivity contribution in [3.63, 3.8) is 0 Å². The van der Waals surface area contributed by atoms with E-state index in [4.69, 9.17) is 9.26 Å². The number of Topliss-reactive ketones (excluding diaryl/α,β-unsaturated/α-hetero) is 1. The van der Waals surface area contributed by atoms with Crippen molar-refractivity contribution in [3.05, 3.63) is 70.2 Å². The van der Waals surface area contributed by atoms with Gasteiger partial charge in [0.2, 0.25) is 5.91 Å². The Labute approximate surface area is 182 Å². The first-order valence-electron chi connectivity index (χ1n) is 9.79. The number of hydrogen-bond acceptors (Lipinski definition) is 7. The van der Waals surface area contributed by atoms with Crippen molar-refractivity contribution in [2.45, 2.75) is 20.4 Å². The predicted octanol–water partition coefficient (Wildman–Crippen LogP) is 3.21. The number of benzene rings is 2. The Morgan fingerprint density at radius 3 is 2.41 bits per heavy atom. The van der Waals surface area contributed by atoms with Crippen LogP contribution in [0.5, 0.6) is 5.75 Å². The van der Waals surface area contributed by atoms with Gasteiger partial charge in [-0.15, -0.1) is 0 Å². The van der Waals surface area contributed by atoms with Gasteiger partial charge in [-0.2, -0.15) is 5.10 Å². The number of carbonyl (C=O) groups excluding carboxylic acids is 2. The number of aryl methyl sites for hydroxylation is 1. The number of carbonyl (C=O) groups is 2. The summed E-state index contributed by atoms with van der Waals surface area (Å²) in [4.78, 5) is 36.9. The molecule has 9 heteroatoms. The molecule has 0 aliphatic heterocycles. The Bertz CT molecular complexity index is 1370. The molecular formula is C23H20N4O5. The number of anilines is 1. The van der Waals surface area contributed by atoms with Crippen molar-refractivity contribution in [2.75, 3.05) is 12.4 Å². The lowest BCUT2D eigenvalue weighted by Crippen LogP contribution is -2.30. The molecule has 1 amide bonds. The standard InChI is InChI=1S/C23H20N4O5/c1-13(28)15-4-8-17(9-5-15)24-19(29)12-27-23(30)22-20(14(2)32-26-22)21(25-27)16-6-10-18(31-3)11-7-16/h4-11H,12H2,1-3H3,(H,24,29). The van der Waals surface area contributed by atoms with E-state index in [-0.39, 0.29) is 17.8 Å². The highest BCUT2D eigenvalue weighted by Crippen LogP contribution is 2.28. The minimum absolute atomic E-state index is 0.0686. The van der Waals surface area contributed by atoms with E-state index >= 15 is 0 Å². The molecule has 0 fully saturated rings. The maximum atomic E-state index is 12.9. The second-order valence-corrected chi connectivity index (χ2v) is 7.18. The first-order chi connectivity index (χ1) is 15.4. The Kier molecular flexibility index (Phi) is 5.55. The number of methoxy groups -OCH3 is 1. The third-order valence-electron chi connectivity index (χ3n) is 4.99. The molecule has 0 spiro atoms. The van der Waals surface area contributed by atoms with Gasteiger partial charge in [0.25, 0.3) is 5.56 Å². The van der Waals surface area contributed by atoms with E-state index in [2.05, 4.69) is 15.6 Å². The lowest BCUT2D eigenvalue weighted by atomic mass is 10.1. The Morgan fingerprint density at radius 2 is 1.78 bits per heavy atom. The van der Waals surface area contributed by atoms with Gasteiger partial charge in [-0.1, -0.05) is 5.16 Å². The molecular weight excluding hydrogens is 412 g/mol. The molecule has 4 rings (SSSR count). The van der Waals surface area contributed by atoms with Gasteiger partial charge in [0.15, 0.2) is 11.3 Å². The summed E-state index contributed by atoms with van der Waals surface area (Å²) < 4.78 is 11.5. The number of ketones is 1. The van der Waals surface area contributed by atoms with Crippen molar-refractivity contribution in [1.82, 2.24) is 14.9 Å². The van der Waals surface area contributed by atoms with Gasteiger partial charge in [-0.3, -0.25) is 14.4 Å². The number of amides is 1. The first kappa shape index (κ1) is 21.0. The molecule has 9 nitrogen and oxygen atoms in total. The van der Waals surface area contributed by atoms with Crippen LogP contribution in [-0.2, 0) is 11.3 Å². The van der Waals surface area contributed by atoms with Gasteiger partial charge in [0.05, 0.1) is 12.5 Å². The van der Waals surface area contributed by atoms with E-state index < -0.39 is 11.5 Å². The number of nitrogens with one attached hydrogen (secondary N) is 1. The molecule has 0 radical (unpaired) electrons. The minimum atomic E-state index is -0.531. The van der Waals surface area contributed by atoms with E-state index in [9.17, 15) is 14.4 Å². The smallest absolute Gasteiger partial charge is 0.297 e. The summed E-state index contributed by atoms with van der Waals surface area (Å²) in [6.07, 6.45) is 0. The average molecular weight is 432 g/mol. The van der Waals surface area contributed by atoms with Gasteiger partial charge >= 0.3 is 0 Å². The number of nitrogens with zero attached hydrogens (tertiary/aromatic N) is 3. The number of fused-ring (bicyclic) bond motifs is 1. The zero-order valence-corrected chi connectivity index (χ0v) is 17.7. The molecule has 0 unspecified atom stereocenters. The van der Waals surface area contributed by atoms with Crippen LogP contribution in [0.25, 0.3) is 22.2 Å². The SMILES string of the molecule is COc1ccc(-c2nn(CC(=O)Nc3ccc(C(C)=O)cc3)c(=O)c3noc(C)c23)cc1. The third-order valence-corrected chi connectivity index (χ3v) is 4.99. The van der Waals surface area contributed by atoms with Crippen LogP contribution in [0.3, 0.4) is 0 Å². The maximum absolute atomic E-state index is 12.9. The molecule has 0 saturated heterocycles. The van der Waals surface area contributed by atoms with Crippen molar-refractivity contribution >= 4 is 28.3 Å². The topological polar surface area (TPSA) is 116 Å². The van der Waals surface area contributed by atoms with Gasteiger partial charge in [-0.25, -0.2) is 4.68 Å². The first-order valence-corrected chi connectivity index (χ1v) is 9.79. The lowest BCUT2D eigenvalue weighted by molar-refractivity contribution is -0.117. The molecule has 2 aromatic carbocycles. The number of rotatable bonds is 6. The second kappa shape index (κ2) is 8.46. The summed E-state index contributed by atoms with van der Waals surface area (Å²) in [5.74, 6) is 0.615. The molecule has 0 saturated carbocycles. The van der Waals surface area contributed by atoms with E-state index in [0.29, 0.717) is 33.8 Å². The molecule has 4 aromatic rings. The summed E-state index contributed by atoms with van der Waals surface area (Å²) in [5, 5.41) is 11.5. The fourth-order valence-electron chi connectivity index (χ4n) is 3.32. The van der Waals surface area contributed by atoms with E-state index in [1.807, 2.05) is 0 Å². The third kappa shape index (κ3) is 4.00. The normalized spacial score (nSPS) is 10.8. The Morgan fingerprint density at radius 1 is 1.09 bits per heavy atom. The molecule has 162 valence electrons. The predicted molar refractivity (Wildman–Crippen MR) is 118 cm³/mol. The van der Waals surface area contributed by atoms with Crippen LogP contribution < -0.4 is 15.6 Å². The zero-order valence-electron chi connectivity index (χ0n) is 17.7. The van der Waals surface area contributed by atoms with Crippen LogP contribution in [0.15, 0.2) is 57.8 Å². The quantitative estimate of drug-likeness (QED) is 0.465. The molecule has 1 N–H and O–H groups in total. The van der Waals surface area contributed by atoms with Crippen LogP contribution in [0.4, 0.5) is 5.69 Å². The lowest BCUT2D eigenvalue weighted by Gasteiger charge is -2.10. The van der Waals surface area contributed by atoms with Crippen molar-refractivity contribution in [1.29, 1.82) is 0 Å². The molecule has 0 aliphatic rings. The van der Waals surface area contributed by atoms with E-state index in [1.54, 1.807) is 62.6 Å². The number of aromatic nitrogens is 3. The fraction of sp³-hybridized carbons (Fsp3) is 0.174. The van der Waals surface area contributed by atoms with Crippen LogP contribution in [0, 0.1) is 6.92 Å². The fourth-order valence-corrected chi connectivity index (χ4v) is 3.32. The van der Waals surface area contributed by atoms with Crippen LogP contribution in [0.2, 0.25) is 0 Å². The zero-order chi connectivity index (χ0) is 22.8. The number of ether oxygens (including phenoxy) is 1. The summed E-state index contributed by atoms with van der Waals surface area (Å²) in [6.45, 7) is 2.84. The summed E-state index contributed by atoms with van der Waals surface area (Å²) in [6, 6.07) is 13.6. The van der Waals surface area contributed by atoms with Crippen LogP contribution >= 0.6 is 0 Å². The summed E-state index contributed by atoms with van der Waals surface area (Å²) >= 11 is 0. The summed E-state index contributed by atoms with van der Waals surface area (Å²) in [7, 11) is 1.57. The van der Waals surface area contributed by atoms with Crippen LogP contribution in [0.1, 0.15) is 23.0 Å². The second-order valence-electron chi connectivity index (χ2n) is 7.18. The van der Waals surface area contributed by atoms with E-state index in [1.165, 1.54) is 6.92 Å². The van der Waals surface area contributed by atoms with Gasteiger partial charge < -0.3 is 14.6 Å². The van der Waals surface area contributed by atoms with Gasteiger partial charge in [-0.05, 0) is 62.4 Å². The highest BCUT2D eigenvalue weighted by atomic mass is 16.5. The maximum Gasteiger partial charge on any atom is 0.297 e. The van der Waals surface area contributed by atoms with Gasteiger partial charge in [0.1, 0.15) is 23.7 Å². The molecule has 2 aromatic heterocycles. The minimum Gasteiger partial charge on any atom is -0.497 e. The van der Waals surface area contributed by atoms with E-state index in [0.717, 1.165) is 10.2 Å². The highest BCUT2D eigenvalue weighted by Gasteiger charge is 2.20.